The van der Waals surface area contributed by atoms with Crippen molar-refractivity contribution in [1.29, 1.82) is 0 Å². The number of sulfonamides is 1. The highest BCUT2D eigenvalue weighted by Crippen LogP contribution is 2.32. The van der Waals surface area contributed by atoms with Crippen molar-refractivity contribution in [2.45, 2.75) is 24.8 Å². The first kappa shape index (κ1) is 21.5. The van der Waals surface area contributed by atoms with Gasteiger partial charge >= 0.3 is 6.03 Å². The zero-order valence-corrected chi connectivity index (χ0v) is 18.5. The highest BCUT2D eigenvalue weighted by atomic mass is 32.2. The lowest BCUT2D eigenvalue weighted by atomic mass is 10.1. The number of fused-ring (bicyclic) bond motifs is 1. The Morgan fingerprint density at radius 1 is 0.968 bits per heavy atom. The van der Waals surface area contributed by atoms with Crippen LogP contribution < -0.4 is 14.8 Å². The van der Waals surface area contributed by atoms with Gasteiger partial charge in [0.25, 0.3) is 0 Å². The van der Waals surface area contributed by atoms with Gasteiger partial charge in [-0.3, -0.25) is 0 Å². The molecular formula is C22H27N3O5S. The van der Waals surface area contributed by atoms with E-state index in [9.17, 15) is 13.2 Å². The molecule has 31 heavy (non-hydrogen) atoms. The first-order chi connectivity index (χ1) is 14.8. The second kappa shape index (κ2) is 8.76. The Labute approximate surface area is 182 Å². The van der Waals surface area contributed by atoms with Crippen molar-refractivity contribution in [1.82, 2.24) is 14.5 Å². The highest BCUT2D eigenvalue weighted by molar-refractivity contribution is 7.89. The average Bonchev–Trinajstić information content (AvgIpc) is 2.79. The number of carbonyl (C=O) groups is 1. The summed E-state index contributed by atoms with van der Waals surface area (Å²) in [4.78, 5) is 14.7. The summed E-state index contributed by atoms with van der Waals surface area (Å²) >= 11 is 0. The number of nitrogens with one attached hydrogen (secondary N) is 1. The number of ether oxygens (including phenoxy) is 2. The third kappa shape index (κ3) is 4.62. The molecule has 0 unspecified atom stereocenters. The minimum absolute atomic E-state index is 0.213. The van der Waals surface area contributed by atoms with Gasteiger partial charge in [-0.1, -0.05) is 23.8 Å². The van der Waals surface area contributed by atoms with Gasteiger partial charge < -0.3 is 19.7 Å². The van der Waals surface area contributed by atoms with Crippen LogP contribution in [0.5, 0.6) is 11.5 Å². The van der Waals surface area contributed by atoms with E-state index in [2.05, 4.69) is 5.32 Å². The molecule has 8 nitrogen and oxygen atoms in total. The number of nitrogens with zero attached hydrogens (tertiary/aromatic N) is 2. The molecule has 1 saturated heterocycles. The maximum absolute atomic E-state index is 12.8. The molecule has 0 aliphatic carbocycles. The quantitative estimate of drug-likeness (QED) is 0.781. The van der Waals surface area contributed by atoms with Crippen LogP contribution in [0.3, 0.4) is 0 Å². The fourth-order valence-corrected chi connectivity index (χ4v) is 5.10. The number of rotatable bonds is 4. The lowest BCUT2D eigenvalue weighted by Gasteiger charge is -2.34. The molecule has 2 heterocycles. The normalized spacial score (nSPS) is 17.8. The van der Waals surface area contributed by atoms with E-state index in [-0.39, 0.29) is 30.1 Å². The predicted molar refractivity (Wildman–Crippen MR) is 116 cm³/mol. The molecule has 2 aliphatic heterocycles. The molecule has 0 radical (unpaired) electrons. The van der Waals surface area contributed by atoms with Crippen LogP contribution in [0, 0.1) is 6.92 Å². The molecule has 2 aromatic carbocycles. The van der Waals surface area contributed by atoms with Crippen molar-refractivity contribution >= 4 is 16.1 Å². The second-order valence-corrected chi connectivity index (χ2v) is 9.72. The van der Waals surface area contributed by atoms with Gasteiger partial charge in [-0.2, -0.15) is 4.31 Å². The number of aryl methyl sites for hydroxylation is 1. The van der Waals surface area contributed by atoms with Gasteiger partial charge in [-0.15, -0.1) is 0 Å². The van der Waals surface area contributed by atoms with Gasteiger partial charge in [0.2, 0.25) is 10.0 Å². The van der Waals surface area contributed by atoms with Crippen LogP contribution in [0.4, 0.5) is 4.79 Å². The summed E-state index contributed by atoms with van der Waals surface area (Å²) in [7, 11) is -3.55. The zero-order valence-electron chi connectivity index (χ0n) is 17.7. The Kier molecular flexibility index (Phi) is 6.06. The van der Waals surface area contributed by atoms with Gasteiger partial charge in [0.1, 0.15) is 13.2 Å². The van der Waals surface area contributed by atoms with Crippen molar-refractivity contribution in [2.24, 2.45) is 0 Å². The van der Waals surface area contributed by atoms with Crippen LogP contribution in [-0.2, 0) is 10.0 Å². The van der Waals surface area contributed by atoms with Gasteiger partial charge in [0.15, 0.2) is 11.5 Å². The second-order valence-electron chi connectivity index (χ2n) is 7.78. The summed E-state index contributed by atoms with van der Waals surface area (Å²) in [5.74, 6) is 1.39. The average molecular weight is 446 g/mol. The Bertz CT molecular complexity index is 1050. The van der Waals surface area contributed by atoms with Gasteiger partial charge in [-0.25, -0.2) is 13.2 Å². The summed E-state index contributed by atoms with van der Waals surface area (Å²) in [6, 6.07) is 12.0. The summed E-state index contributed by atoms with van der Waals surface area (Å²) in [5.41, 5.74) is 1.92. The first-order valence-corrected chi connectivity index (χ1v) is 11.8. The lowest BCUT2D eigenvalue weighted by molar-refractivity contribution is 0.168. The SMILES string of the molecule is Cc1ccc(S(=O)(=O)N2CCN(C(=O)N[C@@H](C)c3ccc4c(c3)OCCO4)CC2)cc1. The van der Waals surface area contributed by atoms with Crippen molar-refractivity contribution in [2.75, 3.05) is 39.4 Å². The van der Waals surface area contributed by atoms with Crippen LogP contribution in [0.25, 0.3) is 0 Å². The topological polar surface area (TPSA) is 88.2 Å². The van der Waals surface area contributed by atoms with E-state index in [0.717, 1.165) is 11.1 Å². The monoisotopic (exact) mass is 445 g/mol. The third-order valence-corrected chi connectivity index (χ3v) is 7.50. The number of piperazine rings is 1. The molecule has 0 aromatic heterocycles. The van der Waals surface area contributed by atoms with Crippen LogP contribution in [0.15, 0.2) is 47.4 Å². The maximum atomic E-state index is 12.8. The van der Waals surface area contributed by atoms with E-state index in [0.29, 0.717) is 37.8 Å². The van der Waals surface area contributed by atoms with E-state index < -0.39 is 10.0 Å². The summed E-state index contributed by atoms with van der Waals surface area (Å²) in [5, 5.41) is 2.99. The van der Waals surface area contributed by atoms with Gasteiger partial charge in [-0.05, 0) is 43.7 Å². The Morgan fingerprint density at radius 3 is 2.29 bits per heavy atom. The Morgan fingerprint density at radius 2 is 1.61 bits per heavy atom. The van der Waals surface area contributed by atoms with Gasteiger partial charge in [0.05, 0.1) is 10.9 Å². The first-order valence-electron chi connectivity index (χ1n) is 10.4. The number of carbonyl (C=O) groups excluding carboxylic acids is 1. The standard InChI is InChI=1S/C22H27N3O5S/c1-16-3-6-19(7-4-16)31(27,28)25-11-9-24(10-12-25)22(26)23-17(2)18-5-8-20-21(15-18)30-14-13-29-20/h3-8,15,17H,9-14H2,1-2H3,(H,23,26)/t17-/m0/s1. The molecule has 1 fully saturated rings. The largest absolute Gasteiger partial charge is 0.486 e. The van der Waals surface area contributed by atoms with Crippen LogP contribution in [0.1, 0.15) is 24.1 Å². The number of benzene rings is 2. The van der Waals surface area contributed by atoms with Crippen molar-refractivity contribution in [3.05, 3.63) is 53.6 Å². The number of hydrogen-bond donors (Lipinski definition) is 1. The molecule has 4 rings (SSSR count). The molecule has 166 valence electrons. The predicted octanol–water partition coefficient (Wildman–Crippen LogP) is 2.54. The molecule has 1 atom stereocenters. The molecular weight excluding hydrogens is 418 g/mol. The number of hydrogen-bond acceptors (Lipinski definition) is 5. The van der Waals surface area contributed by atoms with Crippen LogP contribution in [-0.4, -0.2) is 63.0 Å². The molecule has 0 bridgehead atoms. The summed E-state index contributed by atoms with van der Waals surface area (Å²) in [6.45, 7) is 6.07. The summed E-state index contributed by atoms with van der Waals surface area (Å²) < 4.78 is 38.3. The number of amides is 2. The van der Waals surface area contributed by atoms with Gasteiger partial charge in [0, 0.05) is 26.2 Å². The van der Waals surface area contributed by atoms with E-state index in [1.54, 1.807) is 29.2 Å². The molecule has 2 amide bonds. The van der Waals surface area contributed by atoms with Crippen molar-refractivity contribution in [3.63, 3.8) is 0 Å². The van der Waals surface area contributed by atoms with Crippen LogP contribution >= 0.6 is 0 Å². The van der Waals surface area contributed by atoms with Crippen molar-refractivity contribution < 1.29 is 22.7 Å². The van der Waals surface area contributed by atoms with E-state index >= 15 is 0 Å². The third-order valence-electron chi connectivity index (χ3n) is 5.59. The molecule has 2 aromatic rings. The molecule has 0 spiro atoms. The minimum atomic E-state index is -3.55. The molecule has 2 aliphatic rings. The Balaban J connectivity index is 1.34. The molecule has 0 saturated carbocycles. The highest BCUT2D eigenvalue weighted by Gasteiger charge is 2.30. The summed E-state index contributed by atoms with van der Waals surface area (Å²) in [6.07, 6.45) is 0. The lowest BCUT2D eigenvalue weighted by Crippen LogP contribution is -2.53. The maximum Gasteiger partial charge on any atom is 0.317 e. The van der Waals surface area contributed by atoms with Crippen molar-refractivity contribution in [3.8, 4) is 11.5 Å². The van der Waals surface area contributed by atoms with Crippen LogP contribution in [0.2, 0.25) is 0 Å². The van der Waals surface area contributed by atoms with E-state index in [4.69, 9.17) is 9.47 Å². The molecule has 1 N–H and O–H groups in total. The smallest absolute Gasteiger partial charge is 0.317 e. The fraction of sp³-hybridized carbons (Fsp3) is 0.409. The fourth-order valence-electron chi connectivity index (χ4n) is 3.68. The van der Waals surface area contributed by atoms with E-state index in [1.807, 2.05) is 32.0 Å². The van der Waals surface area contributed by atoms with E-state index in [1.165, 1.54) is 4.31 Å². The minimum Gasteiger partial charge on any atom is -0.486 e. The zero-order chi connectivity index (χ0) is 22.0. The number of urea groups is 1. The Hall–Kier alpha value is -2.78. The molecule has 9 heteroatoms.